The first-order valence-electron chi connectivity index (χ1n) is 7.31. The van der Waals surface area contributed by atoms with Gasteiger partial charge in [0.15, 0.2) is 0 Å². The minimum absolute atomic E-state index is 0. The molecule has 0 bridgehead atoms. The number of carbonyl (C=O) groups excluding carboxylic acids is 1. The first kappa shape index (κ1) is 18.3. The molecule has 0 fully saturated rings. The molecule has 0 saturated heterocycles. The summed E-state index contributed by atoms with van der Waals surface area (Å²) in [5.41, 5.74) is 1.50. The Morgan fingerprint density at radius 2 is 1.86 bits per heavy atom. The fourth-order valence-corrected chi connectivity index (χ4v) is 2.00. The molecule has 0 amide bonds. The number of furan rings is 1. The van der Waals surface area contributed by atoms with Gasteiger partial charge in [-0.1, -0.05) is 19.1 Å². The number of ether oxygens (including phenoxy) is 1. The SMILES string of the molecule is CCCNCc1ccc(-c2ccc(C(=O)OCC)cc2)o1.Cl. The number of carbonyl (C=O) groups is 1. The molecule has 0 aliphatic carbocycles. The average Bonchev–Trinajstić information content (AvgIpc) is 2.97. The minimum atomic E-state index is -0.298. The highest BCUT2D eigenvalue weighted by Gasteiger charge is 2.08. The van der Waals surface area contributed by atoms with E-state index in [1.807, 2.05) is 24.3 Å². The van der Waals surface area contributed by atoms with Gasteiger partial charge in [-0.05, 0) is 44.2 Å². The van der Waals surface area contributed by atoms with Gasteiger partial charge >= 0.3 is 5.97 Å². The van der Waals surface area contributed by atoms with Crippen molar-refractivity contribution in [2.75, 3.05) is 13.2 Å². The first-order valence-corrected chi connectivity index (χ1v) is 7.31. The molecule has 1 aromatic carbocycles. The lowest BCUT2D eigenvalue weighted by molar-refractivity contribution is 0.0526. The van der Waals surface area contributed by atoms with Crippen LogP contribution >= 0.6 is 12.4 Å². The summed E-state index contributed by atoms with van der Waals surface area (Å²) in [6.07, 6.45) is 1.10. The van der Waals surface area contributed by atoms with Crippen molar-refractivity contribution in [2.45, 2.75) is 26.8 Å². The van der Waals surface area contributed by atoms with Gasteiger partial charge in [-0.15, -0.1) is 12.4 Å². The number of hydrogen-bond donors (Lipinski definition) is 1. The highest BCUT2D eigenvalue weighted by Crippen LogP contribution is 2.22. The maximum atomic E-state index is 11.6. The molecule has 2 rings (SSSR count). The van der Waals surface area contributed by atoms with E-state index < -0.39 is 0 Å². The van der Waals surface area contributed by atoms with Gasteiger partial charge in [0, 0.05) is 5.56 Å². The molecular formula is C17H22ClNO3. The zero-order valence-electron chi connectivity index (χ0n) is 12.9. The summed E-state index contributed by atoms with van der Waals surface area (Å²) in [5.74, 6) is 1.42. The predicted molar refractivity (Wildman–Crippen MR) is 89.3 cm³/mol. The Kier molecular flexibility index (Phi) is 7.71. The van der Waals surface area contributed by atoms with Gasteiger partial charge in [0.25, 0.3) is 0 Å². The second kappa shape index (κ2) is 9.28. The van der Waals surface area contributed by atoms with Crippen LogP contribution in [-0.2, 0) is 11.3 Å². The summed E-state index contributed by atoms with van der Waals surface area (Å²) in [6, 6.07) is 11.2. The highest BCUT2D eigenvalue weighted by molar-refractivity contribution is 5.89. The summed E-state index contributed by atoms with van der Waals surface area (Å²) >= 11 is 0. The van der Waals surface area contributed by atoms with E-state index in [1.165, 1.54) is 0 Å². The van der Waals surface area contributed by atoms with E-state index >= 15 is 0 Å². The molecular weight excluding hydrogens is 302 g/mol. The van der Waals surface area contributed by atoms with Crippen molar-refractivity contribution >= 4 is 18.4 Å². The van der Waals surface area contributed by atoms with Crippen molar-refractivity contribution < 1.29 is 13.9 Å². The summed E-state index contributed by atoms with van der Waals surface area (Å²) in [5, 5.41) is 3.30. The van der Waals surface area contributed by atoms with Crippen molar-refractivity contribution in [3.8, 4) is 11.3 Å². The summed E-state index contributed by atoms with van der Waals surface area (Å²) in [7, 11) is 0. The molecule has 22 heavy (non-hydrogen) atoms. The van der Waals surface area contributed by atoms with Crippen LogP contribution in [0.15, 0.2) is 40.8 Å². The Hall–Kier alpha value is -1.78. The Morgan fingerprint density at radius 3 is 2.50 bits per heavy atom. The van der Waals surface area contributed by atoms with Crippen molar-refractivity contribution in [1.29, 1.82) is 0 Å². The normalized spacial score (nSPS) is 10.1. The Morgan fingerprint density at radius 1 is 1.14 bits per heavy atom. The van der Waals surface area contributed by atoms with E-state index in [1.54, 1.807) is 19.1 Å². The lowest BCUT2D eigenvalue weighted by atomic mass is 10.1. The van der Waals surface area contributed by atoms with Crippen LogP contribution in [0.25, 0.3) is 11.3 Å². The van der Waals surface area contributed by atoms with Crippen molar-refractivity contribution in [3.05, 3.63) is 47.7 Å². The van der Waals surface area contributed by atoms with Crippen LogP contribution < -0.4 is 5.32 Å². The predicted octanol–water partition coefficient (Wildman–Crippen LogP) is 4.04. The monoisotopic (exact) mass is 323 g/mol. The second-order valence-corrected chi connectivity index (χ2v) is 4.74. The fourth-order valence-electron chi connectivity index (χ4n) is 2.00. The minimum Gasteiger partial charge on any atom is -0.462 e. The second-order valence-electron chi connectivity index (χ2n) is 4.74. The van der Waals surface area contributed by atoms with Gasteiger partial charge in [-0.25, -0.2) is 4.79 Å². The number of benzene rings is 1. The Balaban J connectivity index is 0.00000242. The molecule has 4 nitrogen and oxygen atoms in total. The van der Waals surface area contributed by atoms with E-state index in [2.05, 4.69) is 12.2 Å². The molecule has 0 atom stereocenters. The van der Waals surface area contributed by atoms with Crippen LogP contribution in [0.5, 0.6) is 0 Å². The van der Waals surface area contributed by atoms with Gasteiger partial charge in [0.05, 0.1) is 18.7 Å². The third-order valence-electron chi connectivity index (χ3n) is 3.07. The standard InChI is InChI=1S/C17H21NO3.ClH/c1-3-11-18-12-15-9-10-16(21-15)13-5-7-14(8-6-13)17(19)20-4-2;/h5-10,18H,3-4,11-12H2,1-2H3;1H. The van der Waals surface area contributed by atoms with Crippen LogP contribution in [0.1, 0.15) is 36.4 Å². The van der Waals surface area contributed by atoms with Crippen molar-refractivity contribution in [1.82, 2.24) is 5.32 Å². The van der Waals surface area contributed by atoms with Gasteiger partial charge in [0.1, 0.15) is 11.5 Å². The topological polar surface area (TPSA) is 51.5 Å². The Labute approximate surface area is 137 Å². The number of esters is 1. The molecule has 1 heterocycles. The zero-order chi connectivity index (χ0) is 15.1. The van der Waals surface area contributed by atoms with Crippen molar-refractivity contribution in [3.63, 3.8) is 0 Å². The molecule has 1 N–H and O–H groups in total. The number of rotatable bonds is 7. The van der Waals surface area contributed by atoms with Crippen LogP contribution in [0, 0.1) is 0 Å². The molecule has 0 unspecified atom stereocenters. The molecule has 0 aliphatic heterocycles. The fraction of sp³-hybridized carbons (Fsp3) is 0.353. The largest absolute Gasteiger partial charge is 0.462 e. The molecule has 0 aliphatic rings. The summed E-state index contributed by atoms with van der Waals surface area (Å²) in [4.78, 5) is 11.6. The van der Waals surface area contributed by atoms with E-state index in [0.717, 1.165) is 36.6 Å². The van der Waals surface area contributed by atoms with E-state index in [9.17, 15) is 4.79 Å². The lowest BCUT2D eigenvalue weighted by Gasteiger charge is -2.03. The zero-order valence-corrected chi connectivity index (χ0v) is 13.7. The van der Waals surface area contributed by atoms with Gasteiger partial charge in [0.2, 0.25) is 0 Å². The van der Waals surface area contributed by atoms with Gasteiger partial charge in [-0.2, -0.15) is 0 Å². The lowest BCUT2D eigenvalue weighted by Crippen LogP contribution is -2.12. The molecule has 5 heteroatoms. The molecule has 0 saturated carbocycles. The molecule has 2 aromatic rings. The van der Waals surface area contributed by atoms with Crippen LogP contribution in [0.4, 0.5) is 0 Å². The maximum absolute atomic E-state index is 11.6. The number of hydrogen-bond acceptors (Lipinski definition) is 4. The van der Waals surface area contributed by atoms with E-state index in [-0.39, 0.29) is 18.4 Å². The van der Waals surface area contributed by atoms with Crippen LogP contribution in [0.3, 0.4) is 0 Å². The highest BCUT2D eigenvalue weighted by atomic mass is 35.5. The van der Waals surface area contributed by atoms with Gasteiger partial charge in [-0.3, -0.25) is 0 Å². The van der Waals surface area contributed by atoms with Gasteiger partial charge < -0.3 is 14.5 Å². The van der Waals surface area contributed by atoms with E-state index in [4.69, 9.17) is 9.15 Å². The quantitative estimate of drug-likeness (QED) is 0.617. The smallest absolute Gasteiger partial charge is 0.338 e. The van der Waals surface area contributed by atoms with Crippen LogP contribution in [-0.4, -0.2) is 19.1 Å². The van der Waals surface area contributed by atoms with Crippen molar-refractivity contribution in [2.24, 2.45) is 0 Å². The summed E-state index contributed by atoms with van der Waals surface area (Å²) < 4.78 is 10.7. The molecule has 0 spiro atoms. The Bertz CT molecular complexity index is 578. The summed E-state index contributed by atoms with van der Waals surface area (Å²) in [6.45, 7) is 6.01. The van der Waals surface area contributed by atoms with E-state index in [0.29, 0.717) is 12.2 Å². The third-order valence-corrected chi connectivity index (χ3v) is 3.07. The first-order chi connectivity index (χ1) is 10.2. The number of nitrogens with one attached hydrogen (secondary N) is 1. The maximum Gasteiger partial charge on any atom is 0.338 e. The average molecular weight is 324 g/mol. The molecule has 120 valence electrons. The molecule has 1 aromatic heterocycles. The molecule has 0 radical (unpaired) electrons. The number of halogens is 1. The van der Waals surface area contributed by atoms with Crippen LogP contribution in [0.2, 0.25) is 0 Å². The third kappa shape index (κ3) is 4.90.